The highest BCUT2D eigenvalue weighted by Gasteiger charge is 2.29. The lowest BCUT2D eigenvalue weighted by molar-refractivity contribution is 0.0763. The second-order valence-corrected chi connectivity index (χ2v) is 3.13. The van der Waals surface area contributed by atoms with Gasteiger partial charge in [0.25, 0.3) is 0 Å². The Bertz CT molecular complexity index is 144. The molecule has 0 radical (unpaired) electrons. The number of hydrogen-bond acceptors (Lipinski definition) is 2. The van der Waals surface area contributed by atoms with Crippen molar-refractivity contribution in [3.63, 3.8) is 0 Å². The summed E-state index contributed by atoms with van der Waals surface area (Å²) < 4.78 is 5.12. The van der Waals surface area contributed by atoms with Crippen molar-refractivity contribution in [1.29, 1.82) is 0 Å². The first-order valence-corrected chi connectivity index (χ1v) is 3.57. The number of nitrogens with zero attached hydrogens (tertiary/aromatic N) is 1. The van der Waals surface area contributed by atoms with Gasteiger partial charge in [0.15, 0.2) is 0 Å². The highest BCUT2D eigenvalue weighted by molar-refractivity contribution is 5.04. The molecule has 1 unspecified atom stereocenters. The van der Waals surface area contributed by atoms with E-state index < -0.39 is 0 Å². The lowest BCUT2D eigenvalue weighted by Crippen LogP contribution is -2.41. The van der Waals surface area contributed by atoms with E-state index in [0.29, 0.717) is 0 Å². The molecule has 0 aromatic carbocycles. The molecule has 0 N–H and O–H groups in total. The van der Waals surface area contributed by atoms with Gasteiger partial charge in [-0.25, -0.2) is 0 Å². The molecule has 0 aliphatic carbocycles. The first-order valence-electron chi connectivity index (χ1n) is 3.57. The Hall–Kier alpha value is -0.500. The van der Waals surface area contributed by atoms with Crippen LogP contribution < -0.4 is 0 Å². The highest BCUT2D eigenvalue weighted by Crippen LogP contribution is 2.24. The van der Waals surface area contributed by atoms with Crippen molar-refractivity contribution < 1.29 is 4.74 Å². The molecule has 1 rings (SSSR count). The smallest absolute Gasteiger partial charge is 0.0694 e. The number of methoxy groups -OCH3 is 1. The van der Waals surface area contributed by atoms with Gasteiger partial charge in [0.1, 0.15) is 0 Å². The second kappa shape index (κ2) is 2.62. The van der Waals surface area contributed by atoms with Crippen LogP contribution in [0.2, 0.25) is 0 Å². The minimum atomic E-state index is 0.203. The van der Waals surface area contributed by atoms with Crippen molar-refractivity contribution in [3.8, 4) is 0 Å². The van der Waals surface area contributed by atoms with Crippen LogP contribution in [0.4, 0.5) is 0 Å². The van der Waals surface area contributed by atoms with Crippen molar-refractivity contribution in [2.45, 2.75) is 18.9 Å². The Balaban J connectivity index is 2.52. The Morgan fingerprint density at radius 2 is 2.40 bits per heavy atom. The summed E-state index contributed by atoms with van der Waals surface area (Å²) >= 11 is 0. The Kier molecular flexibility index (Phi) is 2.00. The zero-order valence-corrected chi connectivity index (χ0v) is 6.92. The van der Waals surface area contributed by atoms with Crippen LogP contribution >= 0.6 is 0 Å². The van der Waals surface area contributed by atoms with Gasteiger partial charge < -0.3 is 9.64 Å². The van der Waals surface area contributed by atoms with Gasteiger partial charge >= 0.3 is 0 Å². The predicted octanol–water partition coefficient (Wildman–Crippen LogP) is 1.24. The molecule has 0 amide bonds. The van der Waals surface area contributed by atoms with E-state index in [0.717, 1.165) is 13.0 Å². The topological polar surface area (TPSA) is 12.5 Å². The molecule has 1 atom stereocenters. The molecule has 0 saturated carbocycles. The summed E-state index contributed by atoms with van der Waals surface area (Å²) in [5, 5.41) is 0. The van der Waals surface area contributed by atoms with Crippen molar-refractivity contribution in [2.24, 2.45) is 0 Å². The molecule has 2 nitrogen and oxygen atoms in total. The van der Waals surface area contributed by atoms with Crippen molar-refractivity contribution in [1.82, 2.24) is 4.90 Å². The van der Waals surface area contributed by atoms with Crippen molar-refractivity contribution in [2.75, 3.05) is 20.8 Å². The summed E-state index contributed by atoms with van der Waals surface area (Å²) in [6.07, 6.45) is 5.38. The molecule has 0 spiro atoms. The van der Waals surface area contributed by atoms with Gasteiger partial charge in [0.05, 0.1) is 12.1 Å². The zero-order chi connectivity index (χ0) is 7.61. The molecule has 1 aliphatic rings. The molecule has 1 heterocycles. The summed E-state index contributed by atoms with van der Waals surface area (Å²) in [5.74, 6) is 0. The van der Waals surface area contributed by atoms with Crippen LogP contribution in [0, 0.1) is 0 Å². The third-order valence-electron chi connectivity index (χ3n) is 2.19. The maximum atomic E-state index is 5.12. The van der Waals surface area contributed by atoms with Gasteiger partial charge in [0, 0.05) is 14.2 Å². The quantitative estimate of drug-likeness (QED) is 0.573. The molecule has 10 heavy (non-hydrogen) atoms. The van der Waals surface area contributed by atoms with Crippen LogP contribution in [0.15, 0.2) is 12.3 Å². The maximum Gasteiger partial charge on any atom is 0.0694 e. The average molecular weight is 141 g/mol. The van der Waals surface area contributed by atoms with E-state index in [-0.39, 0.29) is 5.54 Å². The normalized spacial score (nSPS) is 31.7. The minimum Gasteiger partial charge on any atom is -0.382 e. The summed E-state index contributed by atoms with van der Waals surface area (Å²) in [6.45, 7) is 3.01. The average Bonchev–Trinajstić information content (AvgIpc) is 2.15. The van der Waals surface area contributed by atoms with Gasteiger partial charge in [-0.1, -0.05) is 6.08 Å². The van der Waals surface area contributed by atoms with E-state index in [1.165, 1.54) is 0 Å². The van der Waals surface area contributed by atoms with E-state index in [9.17, 15) is 0 Å². The molecule has 0 fully saturated rings. The number of likely N-dealkylation sites (N-methyl/N-ethyl adjacent to an activating group) is 1. The van der Waals surface area contributed by atoms with Gasteiger partial charge in [-0.05, 0) is 19.5 Å². The Morgan fingerprint density at radius 3 is 2.80 bits per heavy atom. The molecule has 58 valence electrons. The maximum absolute atomic E-state index is 5.12. The highest BCUT2D eigenvalue weighted by atomic mass is 16.5. The van der Waals surface area contributed by atoms with E-state index >= 15 is 0 Å². The third-order valence-corrected chi connectivity index (χ3v) is 2.19. The first-order chi connectivity index (χ1) is 4.69. The molecule has 0 aromatic rings. The van der Waals surface area contributed by atoms with Crippen molar-refractivity contribution in [3.05, 3.63) is 12.3 Å². The number of ether oxygens (including phenoxy) is 1. The predicted molar refractivity (Wildman–Crippen MR) is 41.8 cm³/mol. The van der Waals surface area contributed by atoms with Crippen LogP contribution in [-0.2, 0) is 4.74 Å². The zero-order valence-electron chi connectivity index (χ0n) is 6.92. The summed E-state index contributed by atoms with van der Waals surface area (Å²) in [7, 11) is 3.83. The number of hydrogen-bond donors (Lipinski definition) is 0. The van der Waals surface area contributed by atoms with Crippen LogP contribution in [-0.4, -0.2) is 31.2 Å². The fourth-order valence-electron chi connectivity index (χ4n) is 1.26. The summed E-state index contributed by atoms with van der Waals surface area (Å²) in [6, 6.07) is 0. The number of rotatable bonds is 2. The Morgan fingerprint density at radius 1 is 1.70 bits per heavy atom. The Labute approximate surface area is 62.5 Å². The lowest BCUT2D eigenvalue weighted by Gasteiger charge is -2.32. The van der Waals surface area contributed by atoms with Crippen LogP contribution in [0.5, 0.6) is 0 Å². The molecule has 0 saturated heterocycles. The molecule has 0 aromatic heterocycles. The SMILES string of the molecule is COCC1(C)CC=CN1C. The monoisotopic (exact) mass is 141 g/mol. The van der Waals surface area contributed by atoms with E-state index in [4.69, 9.17) is 4.74 Å². The molecular weight excluding hydrogens is 126 g/mol. The van der Waals surface area contributed by atoms with Crippen LogP contribution in [0.25, 0.3) is 0 Å². The fourth-order valence-corrected chi connectivity index (χ4v) is 1.26. The van der Waals surface area contributed by atoms with Gasteiger partial charge in [0.2, 0.25) is 0 Å². The van der Waals surface area contributed by atoms with Crippen LogP contribution in [0.1, 0.15) is 13.3 Å². The third kappa shape index (κ3) is 1.16. The molecular formula is C8H15NO. The van der Waals surface area contributed by atoms with E-state index in [1.54, 1.807) is 7.11 Å². The van der Waals surface area contributed by atoms with Crippen molar-refractivity contribution >= 4 is 0 Å². The molecule has 2 heteroatoms. The van der Waals surface area contributed by atoms with Gasteiger partial charge in [-0.3, -0.25) is 0 Å². The van der Waals surface area contributed by atoms with E-state index in [2.05, 4.69) is 31.1 Å². The van der Waals surface area contributed by atoms with Gasteiger partial charge in [-0.2, -0.15) is 0 Å². The van der Waals surface area contributed by atoms with Gasteiger partial charge in [-0.15, -0.1) is 0 Å². The largest absolute Gasteiger partial charge is 0.382 e. The fraction of sp³-hybridized carbons (Fsp3) is 0.750. The standard InChI is InChI=1S/C8H15NO/c1-8(7-10-3)5-4-6-9(8)2/h4,6H,5,7H2,1-3H3. The lowest BCUT2D eigenvalue weighted by atomic mass is 10.0. The van der Waals surface area contributed by atoms with Crippen LogP contribution in [0.3, 0.4) is 0 Å². The summed E-state index contributed by atoms with van der Waals surface area (Å²) in [4.78, 5) is 2.20. The second-order valence-electron chi connectivity index (χ2n) is 3.13. The minimum absolute atomic E-state index is 0.203. The molecule has 1 aliphatic heterocycles. The summed E-state index contributed by atoms with van der Waals surface area (Å²) in [5.41, 5.74) is 0.203. The molecule has 0 bridgehead atoms. The first kappa shape index (κ1) is 7.61. The van der Waals surface area contributed by atoms with E-state index in [1.807, 2.05) is 0 Å².